The molecule has 1 fully saturated rings. The van der Waals surface area contributed by atoms with Crippen LogP contribution in [0.25, 0.3) is 0 Å². The minimum atomic E-state index is -0.746. The second-order valence-corrected chi connectivity index (χ2v) is 8.56. The van der Waals surface area contributed by atoms with E-state index in [2.05, 4.69) is 0 Å². The lowest BCUT2D eigenvalue weighted by molar-refractivity contribution is -0.220. The van der Waals surface area contributed by atoms with Gasteiger partial charge in [0.25, 0.3) is 0 Å². The highest BCUT2D eigenvalue weighted by atomic mass is 16.7. The van der Waals surface area contributed by atoms with Gasteiger partial charge in [0.2, 0.25) is 0 Å². The fourth-order valence-electron chi connectivity index (χ4n) is 3.30. The molecule has 1 aliphatic heterocycles. The lowest BCUT2D eigenvalue weighted by atomic mass is 9.93. The maximum absolute atomic E-state index is 12.0. The van der Waals surface area contributed by atoms with Gasteiger partial charge in [-0.3, -0.25) is 0 Å². The molecule has 0 radical (unpaired) electrons. The van der Waals surface area contributed by atoms with Gasteiger partial charge < -0.3 is 23.7 Å². The van der Waals surface area contributed by atoms with Gasteiger partial charge in [0.1, 0.15) is 0 Å². The summed E-state index contributed by atoms with van der Waals surface area (Å²) < 4.78 is 27.5. The lowest BCUT2D eigenvalue weighted by Gasteiger charge is -2.34. The monoisotopic (exact) mass is 422 g/mol. The average molecular weight is 423 g/mol. The van der Waals surface area contributed by atoms with Crippen LogP contribution in [0, 0.1) is 0 Å². The number of ether oxygens (including phenoxy) is 5. The van der Waals surface area contributed by atoms with Crippen LogP contribution in [0.15, 0.2) is 18.2 Å². The average Bonchev–Trinajstić information content (AvgIpc) is 2.72. The van der Waals surface area contributed by atoms with Crippen molar-refractivity contribution in [1.29, 1.82) is 0 Å². The Bertz CT molecular complexity index is 699. The molecule has 1 heterocycles. The van der Waals surface area contributed by atoms with Crippen LogP contribution in [0.2, 0.25) is 0 Å². The molecule has 1 unspecified atom stereocenters. The molecule has 30 heavy (non-hydrogen) atoms. The molecule has 1 aliphatic rings. The summed E-state index contributed by atoms with van der Waals surface area (Å²) in [5.74, 6) is -1.06. The second-order valence-electron chi connectivity index (χ2n) is 8.56. The van der Waals surface area contributed by atoms with Crippen molar-refractivity contribution >= 4 is 11.9 Å². The van der Waals surface area contributed by atoms with Crippen molar-refractivity contribution in [2.24, 2.45) is 0 Å². The molecule has 7 heteroatoms. The molecule has 1 saturated heterocycles. The highest BCUT2D eigenvalue weighted by Gasteiger charge is 2.29. The summed E-state index contributed by atoms with van der Waals surface area (Å²) in [4.78, 5) is 24.1. The summed E-state index contributed by atoms with van der Waals surface area (Å²) >= 11 is 0. The van der Waals surface area contributed by atoms with E-state index in [0.29, 0.717) is 18.6 Å². The van der Waals surface area contributed by atoms with Crippen molar-refractivity contribution in [3.05, 3.63) is 34.9 Å². The molecule has 0 bridgehead atoms. The van der Waals surface area contributed by atoms with Crippen molar-refractivity contribution in [1.82, 2.24) is 0 Å². The standard InChI is InChI=1S/C23H34O7/c1-22(2,30-19-9-7-8-11-28-19)10-12-29-23(3,4)18-14-16(20(24)26-5)13-17(15-18)21(25)27-6/h13-15,19H,7-12H2,1-6H3. The molecule has 0 saturated carbocycles. The molecule has 0 aromatic heterocycles. The van der Waals surface area contributed by atoms with Crippen molar-refractivity contribution in [3.8, 4) is 0 Å². The summed E-state index contributed by atoms with van der Waals surface area (Å²) in [6, 6.07) is 4.81. The van der Waals surface area contributed by atoms with E-state index in [4.69, 9.17) is 23.7 Å². The van der Waals surface area contributed by atoms with Gasteiger partial charge in [0.15, 0.2) is 6.29 Å². The first-order chi connectivity index (χ1) is 14.1. The fraction of sp³-hybridized carbons (Fsp3) is 0.652. The van der Waals surface area contributed by atoms with Crippen LogP contribution in [0.4, 0.5) is 0 Å². The summed E-state index contributed by atoms with van der Waals surface area (Å²) in [6.45, 7) is 9.00. The molecule has 1 atom stereocenters. The number of benzene rings is 1. The summed E-state index contributed by atoms with van der Waals surface area (Å²) in [6.07, 6.45) is 3.60. The largest absolute Gasteiger partial charge is 0.465 e. The molecule has 0 N–H and O–H groups in total. The Hall–Kier alpha value is -1.96. The van der Waals surface area contributed by atoms with Crippen LogP contribution in [0.3, 0.4) is 0 Å². The maximum atomic E-state index is 12.0. The third-order valence-electron chi connectivity index (χ3n) is 5.23. The van der Waals surface area contributed by atoms with E-state index in [9.17, 15) is 9.59 Å². The van der Waals surface area contributed by atoms with E-state index in [1.54, 1.807) is 12.1 Å². The Morgan fingerprint density at radius 2 is 1.60 bits per heavy atom. The van der Waals surface area contributed by atoms with Gasteiger partial charge >= 0.3 is 11.9 Å². The number of carbonyl (C=O) groups is 2. The Morgan fingerprint density at radius 1 is 1.00 bits per heavy atom. The van der Waals surface area contributed by atoms with Crippen molar-refractivity contribution in [3.63, 3.8) is 0 Å². The van der Waals surface area contributed by atoms with E-state index in [1.165, 1.54) is 20.3 Å². The molecule has 168 valence electrons. The summed E-state index contributed by atoms with van der Waals surface area (Å²) in [5, 5.41) is 0. The van der Waals surface area contributed by atoms with E-state index in [1.807, 2.05) is 27.7 Å². The minimum Gasteiger partial charge on any atom is -0.465 e. The quantitative estimate of drug-likeness (QED) is 0.551. The van der Waals surface area contributed by atoms with Crippen LogP contribution in [-0.2, 0) is 29.3 Å². The maximum Gasteiger partial charge on any atom is 0.337 e. The Labute approximate surface area is 179 Å². The van der Waals surface area contributed by atoms with E-state index in [-0.39, 0.29) is 17.4 Å². The van der Waals surface area contributed by atoms with Crippen molar-refractivity contribution < 1.29 is 33.3 Å². The number of esters is 2. The third kappa shape index (κ3) is 6.79. The molecule has 0 spiro atoms. The first kappa shape index (κ1) is 24.3. The molecular formula is C23H34O7. The van der Waals surface area contributed by atoms with E-state index >= 15 is 0 Å². The van der Waals surface area contributed by atoms with Crippen LogP contribution in [0.1, 0.15) is 79.7 Å². The first-order valence-corrected chi connectivity index (χ1v) is 10.3. The van der Waals surface area contributed by atoms with E-state index < -0.39 is 23.1 Å². The SMILES string of the molecule is COC(=O)c1cc(C(=O)OC)cc(C(C)(C)OCCC(C)(C)OC2CCCCO2)c1. The predicted molar refractivity (Wildman–Crippen MR) is 111 cm³/mol. The minimum absolute atomic E-state index is 0.166. The van der Waals surface area contributed by atoms with E-state index in [0.717, 1.165) is 25.9 Å². The Morgan fingerprint density at radius 3 is 2.10 bits per heavy atom. The molecular weight excluding hydrogens is 388 g/mol. The van der Waals surface area contributed by atoms with Crippen LogP contribution in [-0.4, -0.2) is 51.3 Å². The highest BCUT2D eigenvalue weighted by molar-refractivity contribution is 5.95. The molecule has 1 aromatic carbocycles. The van der Waals surface area contributed by atoms with Crippen LogP contribution in [0.5, 0.6) is 0 Å². The Balaban J connectivity index is 2.08. The topological polar surface area (TPSA) is 80.3 Å². The first-order valence-electron chi connectivity index (χ1n) is 10.3. The zero-order valence-corrected chi connectivity index (χ0v) is 18.9. The normalized spacial score (nSPS) is 17.5. The molecule has 1 aromatic rings. The molecule has 0 aliphatic carbocycles. The number of hydrogen-bond donors (Lipinski definition) is 0. The fourth-order valence-corrected chi connectivity index (χ4v) is 3.30. The second kappa shape index (κ2) is 10.4. The molecule has 7 nitrogen and oxygen atoms in total. The van der Waals surface area contributed by atoms with Gasteiger partial charge in [-0.1, -0.05) is 0 Å². The van der Waals surface area contributed by atoms with Gasteiger partial charge in [-0.2, -0.15) is 0 Å². The predicted octanol–water partition coefficient (Wildman–Crippen LogP) is 4.22. The van der Waals surface area contributed by atoms with Gasteiger partial charge in [-0.15, -0.1) is 0 Å². The summed E-state index contributed by atoms with van der Waals surface area (Å²) in [7, 11) is 2.60. The number of rotatable bonds is 9. The molecule has 2 rings (SSSR count). The van der Waals surface area contributed by atoms with Gasteiger partial charge in [0, 0.05) is 6.61 Å². The summed E-state index contributed by atoms with van der Waals surface area (Å²) in [5.41, 5.74) is 0.0726. The molecule has 0 amide bonds. The lowest BCUT2D eigenvalue weighted by Crippen LogP contribution is -2.36. The number of carbonyl (C=O) groups excluding carboxylic acids is 2. The van der Waals surface area contributed by atoms with Crippen molar-refractivity contribution in [2.75, 3.05) is 27.4 Å². The van der Waals surface area contributed by atoms with Gasteiger partial charge in [0.05, 0.1) is 43.2 Å². The van der Waals surface area contributed by atoms with Gasteiger partial charge in [-0.25, -0.2) is 9.59 Å². The zero-order valence-electron chi connectivity index (χ0n) is 18.9. The van der Waals surface area contributed by atoms with Crippen LogP contribution < -0.4 is 0 Å². The Kier molecular flexibility index (Phi) is 8.41. The van der Waals surface area contributed by atoms with Crippen LogP contribution >= 0.6 is 0 Å². The smallest absolute Gasteiger partial charge is 0.337 e. The number of hydrogen-bond acceptors (Lipinski definition) is 7. The number of methoxy groups -OCH3 is 2. The van der Waals surface area contributed by atoms with Gasteiger partial charge in [-0.05, 0) is 77.1 Å². The third-order valence-corrected chi connectivity index (χ3v) is 5.23. The highest BCUT2D eigenvalue weighted by Crippen LogP contribution is 2.29. The van der Waals surface area contributed by atoms with Crippen molar-refractivity contribution in [2.45, 2.75) is 70.9 Å². The zero-order chi connectivity index (χ0) is 22.4.